The Kier molecular flexibility index (Phi) is 2.91. The second-order valence-corrected chi connectivity index (χ2v) is 4.21. The summed E-state index contributed by atoms with van der Waals surface area (Å²) in [5.74, 6) is 0. The summed E-state index contributed by atoms with van der Waals surface area (Å²) >= 11 is 5.70. The van der Waals surface area contributed by atoms with E-state index >= 15 is 0 Å². The topological polar surface area (TPSA) is 36.1 Å². The van der Waals surface area contributed by atoms with Crippen LogP contribution in [0.3, 0.4) is 0 Å². The van der Waals surface area contributed by atoms with E-state index in [1.165, 1.54) is 24.3 Å². The van der Waals surface area contributed by atoms with E-state index in [4.69, 9.17) is 16.9 Å². The van der Waals surface area contributed by atoms with Gasteiger partial charge < -0.3 is 0 Å². The van der Waals surface area contributed by atoms with E-state index in [2.05, 4.69) is 4.99 Å². The van der Waals surface area contributed by atoms with E-state index in [-0.39, 0.29) is 0 Å². The van der Waals surface area contributed by atoms with Gasteiger partial charge in [0.15, 0.2) is 0 Å². The molecule has 2 rings (SSSR count). The molecule has 1 aromatic rings. The molecule has 0 saturated heterocycles. The molecule has 6 heteroatoms. The molecule has 0 N–H and O–H groups in total. The Labute approximate surface area is 106 Å². The van der Waals surface area contributed by atoms with Gasteiger partial charge in [0.05, 0.1) is 6.07 Å². The maximum atomic E-state index is 12.5. The monoisotopic (exact) mass is 270 g/mol. The number of nitriles is 1. The van der Waals surface area contributed by atoms with Crippen LogP contribution in [0.15, 0.2) is 41.0 Å². The Morgan fingerprint density at radius 1 is 1.22 bits per heavy atom. The normalized spacial score (nSPS) is 22.7. The van der Waals surface area contributed by atoms with Crippen LogP contribution in [0.25, 0.3) is 0 Å². The van der Waals surface area contributed by atoms with Crippen LogP contribution in [0, 0.1) is 11.3 Å². The molecule has 92 valence electrons. The highest BCUT2D eigenvalue weighted by molar-refractivity contribution is 6.30. The number of rotatable bonds is 1. The zero-order chi connectivity index (χ0) is 13.4. The average Bonchev–Trinajstić information content (AvgIpc) is 2.75. The number of nitrogens with zero attached hydrogens (tertiary/aromatic N) is 2. The lowest BCUT2D eigenvalue weighted by atomic mass is 9.83. The minimum Gasteiger partial charge on any atom is -0.254 e. The first-order chi connectivity index (χ1) is 8.37. The maximum Gasteiger partial charge on any atom is 0.433 e. The summed E-state index contributed by atoms with van der Waals surface area (Å²) in [5.41, 5.74) is -2.13. The Morgan fingerprint density at radius 3 is 2.28 bits per heavy atom. The fourth-order valence-electron chi connectivity index (χ4n) is 1.63. The molecule has 0 saturated carbocycles. The number of allylic oxidation sites excluding steroid dienone is 2. The van der Waals surface area contributed by atoms with Gasteiger partial charge in [-0.25, -0.2) is 0 Å². The fourth-order valence-corrected chi connectivity index (χ4v) is 1.75. The molecule has 1 aliphatic heterocycles. The highest BCUT2D eigenvalue weighted by Gasteiger charge is 2.42. The van der Waals surface area contributed by atoms with E-state index in [0.717, 1.165) is 12.3 Å². The largest absolute Gasteiger partial charge is 0.433 e. The van der Waals surface area contributed by atoms with Gasteiger partial charge in [0, 0.05) is 11.2 Å². The summed E-state index contributed by atoms with van der Waals surface area (Å²) in [5, 5.41) is 9.58. The lowest BCUT2D eigenvalue weighted by molar-refractivity contribution is -0.0922. The number of hydrogen-bond donors (Lipinski definition) is 0. The van der Waals surface area contributed by atoms with Crippen LogP contribution in [0.2, 0.25) is 5.02 Å². The zero-order valence-corrected chi connectivity index (χ0v) is 9.63. The van der Waals surface area contributed by atoms with Crippen molar-refractivity contribution < 1.29 is 13.2 Å². The quantitative estimate of drug-likeness (QED) is 0.767. The van der Waals surface area contributed by atoms with Gasteiger partial charge in [-0.2, -0.15) is 18.4 Å². The van der Waals surface area contributed by atoms with Crippen LogP contribution < -0.4 is 0 Å². The van der Waals surface area contributed by atoms with Crippen molar-refractivity contribution in [2.75, 3.05) is 0 Å². The van der Waals surface area contributed by atoms with E-state index in [9.17, 15) is 13.2 Å². The Balaban J connectivity index is 2.48. The molecule has 1 aliphatic rings. The second kappa shape index (κ2) is 4.14. The molecule has 0 aromatic heterocycles. The fraction of sp³-hybridized carbons (Fsp3) is 0.167. The SMILES string of the molecule is N#CC1(c2ccc(Cl)cc2)C=NC(C(F)(F)F)=C1. The summed E-state index contributed by atoms with van der Waals surface area (Å²) in [6.07, 6.45) is -2.74. The van der Waals surface area contributed by atoms with Crippen LogP contribution in [0.1, 0.15) is 5.56 Å². The minimum absolute atomic E-state index is 0.400. The lowest BCUT2D eigenvalue weighted by Crippen LogP contribution is -2.21. The van der Waals surface area contributed by atoms with E-state index < -0.39 is 17.3 Å². The van der Waals surface area contributed by atoms with Crippen LogP contribution in [-0.4, -0.2) is 12.4 Å². The van der Waals surface area contributed by atoms with Gasteiger partial charge in [0.25, 0.3) is 0 Å². The summed E-state index contributed by atoms with van der Waals surface area (Å²) in [7, 11) is 0. The summed E-state index contributed by atoms with van der Waals surface area (Å²) in [6, 6.07) is 7.90. The van der Waals surface area contributed by atoms with Crippen molar-refractivity contribution in [2.45, 2.75) is 11.6 Å². The summed E-state index contributed by atoms with van der Waals surface area (Å²) in [4.78, 5) is 3.29. The minimum atomic E-state index is -4.55. The van der Waals surface area contributed by atoms with Gasteiger partial charge in [0.2, 0.25) is 0 Å². The predicted molar refractivity (Wildman–Crippen MR) is 61.4 cm³/mol. The van der Waals surface area contributed by atoms with Crippen molar-refractivity contribution >= 4 is 17.8 Å². The van der Waals surface area contributed by atoms with Crippen molar-refractivity contribution in [1.82, 2.24) is 0 Å². The molecule has 1 aromatic carbocycles. The predicted octanol–water partition coefficient (Wildman–Crippen LogP) is 3.63. The molecule has 1 atom stereocenters. The van der Waals surface area contributed by atoms with E-state index in [1.54, 1.807) is 0 Å². The van der Waals surface area contributed by atoms with Crippen molar-refractivity contribution in [2.24, 2.45) is 4.99 Å². The van der Waals surface area contributed by atoms with Crippen LogP contribution >= 0.6 is 11.6 Å². The number of hydrogen-bond acceptors (Lipinski definition) is 2. The molecule has 2 nitrogen and oxygen atoms in total. The first kappa shape index (κ1) is 12.7. The van der Waals surface area contributed by atoms with E-state index in [0.29, 0.717) is 10.6 Å². The maximum absolute atomic E-state index is 12.5. The second-order valence-electron chi connectivity index (χ2n) is 3.77. The molecule has 1 heterocycles. The third-order valence-electron chi connectivity index (χ3n) is 2.57. The third kappa shape index (κ3) is 2.12. The van der Waals surface area contributed by atoms with Crippen molar-refractivity contribution in [3.05, 3.63) is 46.6 Å². The average molecular weight is 271 g/mol. The van der Waals surface area contributed by atoms with E-state index in [1.807, 2.05) is 6.07 Å². The first-order valence-corrected chi connectivity index (χ1v) is 5.28. The molecule has 0 amide bonds. The molecular weight excluding hydrogens is 265 g/mol. The number of halogens is 4. The first-order valence-electron chi connectivity index (χ1n) is 4.90. The number of alkyl halides is 3. The van der Waals surface area contributed by atoms with Gasteiger partial charge >= 0.3 is 6.18 Å². The molecular formula is C12H6ClF3N2. The van der Waals surface area contributed by atoms with Gasteiger partial charge in [-0.1, -0.05) is 23.7 Å². The molecule has 0 aliphatic carbocycles. The molecule has 1 unspecified atom stereocenters. The van der Waals surface area contributed by atoms with Crippen LogP contribution in [0.5, 0.6) is 0 Å². The van der Waals surface area contributed by atoms with Gasteiger partial charge in [-0.05, 0) is 23.8 Å². The Bertz CT molecular complexity index is 566. The Hall–Kier alpha value is -1.80. The zero-order valence-electron chi connectivity index (χ0n) is 8.87. The molecule has 0 spiro atoms. The Morgan fingerprint density at radius 2 is 1.83 bits per heavy atom. The van der Waals surface area contributed by atoms with Crippen molar-refractivity contribution in [3.63, 3.8) is 0 Å². The molecule has 0 bridgehead atoms. The molecule has 18 heavy (non-hydrogen) atoms. The van der Waals surface area contributed by atoms with Crippen molar-refractivity contribution in [3.8, 4) is 6.07 Å². The van der Waals surface area contributed by atoms with Crippen LogP contribution in [0.4, 0.5) is 13.2 Å². The highest BCUT2D eigenvalue weighted by Crippen LogP contribution is 2.37. The van der Waals surface area contributed by atoms with Gasteiger partial charge in [-0.3, -0.25) is 4.99 Å². The summed E-state index contributed by atoms with van der Waals surface area (Å²) in [6.45, 7) is 0. The van der Waals surface area contributed by atoms with Crippen LogP contribution in [-0.2, 0) is 5.41 Å². The third-order valence-corrected chi connectivity index (χ3v) is 2.82. The smallest absolute Gasteiger partial charge is 0.254 e. The van der Waals surface area contributed by atoms with Crippen molar-refractivity contribution in [1.29, 1.82) is 5.26 Å². The summed E-state index contributed by atoms with van der Waals surface area (Å²) < 4.78 is 37.5. The molecule has 0 radical (unpaired) electrons. The van der Waals surface area contributed by atoms with Gasteiger partial charge in [-0.15, -0.1) is 0 Å². The molecule has 0 fully saturated rings. The highest BCUT2D eigenvalue weighted by atomic mass is 35.5. The number of aliphatic imine (C=N–C) groups is 1. The number of benzene rings is 1. The standard InChI is InChI=1S/C12H6ClF3N2/c13-9-3-1-8(2-4-9)11(6-17)5-10(18-7-11)12(14,15)16/h1-5,7H. The van der Waals surface area contributed by atoms with Gasteiger partial charge in [0.1, 0.15) is 11.1 Å². The lowest BCUT2D eigenvalue weighted by Gasteiger charge is -2.15.